The van der Waals surface area contributed by atoms with E-state index in [9.17, 15) is 9.59 Å². The molecule has 0 aliphatic rings. The Hall–Kier alpha value is -2.63. The largest absolute Gasteiger partial charge is 0.462 e. The van der Waals surface area contributed by atoms with Crippen molar-refractivity contribution in [3.63, 3.8) is 0 Å². The topological polar surface area (TPSA) is 73.2 Å². The molecule has 0 fully saturated rings. The number of nitrogens with zero attached hydrogens (tertiary/aromatic N) is 2. The van der Waals surface area contributed by atoms with Gasteiger partial charge < -0.3 is 10.1 Å². The maximum absolute atomic E-state index is 12.2. The highest BCUT2D eigenvalue weighted by Gasteiger charge is 2.16. The SMILES string of the molecule is CCOC(=O)c1ccccc1NC(=O)c1cc(C)n(C)n1. The highest BCUT2D eigenvalue weighted by Crippen LogP contribution is 2.17. The normalized spacial score (nSPS) is 10.2. The lowest BCUT2D eigenvalue weighted by Gasteiger charge is -2.09. The van der Waals surface area contributed by atoms with Gasteiger partial charge in [0, 0.05) is 12.7 Å². The van der Waals surface area contributed by atoms with Gasteiger partial charge in [-0.05, 0) is 32.0 Å². The van der Waals surface area contributed by atoms with Crippen molar-refractivity contribution in [2.24, 2.45) is 7.05 Å². The molecule has 1 amide bonds. The van der Waals surface area contributed by atoms with Crippen LogP contribution < -0.4 is 5.32 Å². The molecule has 6 nitrogen and oxygen atoms in total. The zero-order valence-electron chi connectivity index (χ0n) is 12.2. The molecule has 0 bridgehead atoms. The van der Waals surface area contributed by atoms with Gasteiger partial charge in [-0.15, -0.1) is 0 Å². The number of amides is 1. The van der Waals surface area contributed by atoms with Crippen LogP contribution in [-0.2, 0) is 11.8 Å². The Labute approximate surface area is 122 Å². The second-order valence-corrected chi connectivity index (χ2v) is 4.51. The molecule has 6 heteroatoms. The average Bonchev–Trinajstić information content (AvgIpc) is 2.79. The predicted octanol–water partition coefficient (Wildman–Crippen LogP) is 2.16. The lowest BCUT2D eigenvalue weighted by atomic mass is 10.1. The summed E-state index contributed by atoms with van der Waals surface area (Å²) in [5.41, 5.74) is 1.90. The number of aryl methyl sites for hydroxylation is 2. The van der Waals surface area contributed by atoms with Crippen LogP contribution in [0.15, 0.2) is 30.3 Å². The summed E-state index contributed by atoms with van der Waals surface area (Å²) < 4.78 is 6.59. The van der Waals surface area contributed by atoms with E-state index in [0.29, 0.717) is 16.9 Å². The molecule has 110 valence electrons. The molecule has 0 radical (unpaired) electrons. The number of para-hydroxylation sites is 1. The monoisotopic (exact) mass is 287 g/mol. The van der Waals surface area contributed by atoms with Crippen LogP contribution in [0.25, 0.3) is 0 Å². The zero-order chi connectivity index (χ0) is 15.4. The lowest BCUT2D eigenvalue weighted by molar-refractivity contribution is 0.0527. The molecule has 1 aromatic heterocycles. The second-order valence-electron chi connectivity index (χ2n) is 4.51. The van der Waals surface area contributed by atoms with Crippen LogP contribution in [0.3, 0.4) is 0 Å². The van der Waals surface area contributed by atoms with Crippen molar-refractivity contribution in [1.82, 2.24) is 9.78 Å². The number of ether oxygens (including phenoxy) is 1. The summed E-state index contributed by atoms with van der Waals surface area (Å²) in [5, 5.41) is 6.80. The first kappa shape index (κ1) is 14.8. The maximum atomic E-state index is 12.2. The van der Waals surface area contributed by atoms with E-state index in [1.807, 2.05) is 6.92 Å². The quantitative estimate of drug-likeness (QED) is 0.874. The predicted molar refractivity (Wildman–Crippen MR) is 78.3 cm³/mol. The molecular weight excluding hydrogens is 270 g/mol. The van der Waals surface area contributed by atoms with Crippen molar-refractivity contribution in [2.75, 3.05) is 11.9 Å². The molecule has 0 unspecified atom stereocenters. The Morgan fingerprint density at radius 3 is 2.67 bits per heavy atom. The van der Waals surface area contributed by atoms with Crippen LogP contribution in [0.1, 0.15) is 33.5 Å². The van der Waals surface area contributed by atoms with E-state index < -0.39 is 5.97 Å². The van der Waals surface area contributed by atoms with Crippen LogP contribution in [0.4, 0.5) is 5.69 Å². The third-order valence-corrected chi connectivity index (χ3v) is 3.02. The van der Waals surface area contributed by atoms with E-state index in [1.54, 1.807) is 49.0 Å². The second kappa shape index (κ2) is 6.21. The van der Waals surface area contributed by atoms with E-state index in [-0.39, 0.29) is 12.5 Å². The van der Waals surface area contributed by atoms with Crippen molar-refractivity contribution in [1.29, 1.82) is 0 Å². The van der Waals surface area contributed by atoms with E-state index in [2.05, 4.69) is 10.4 Å². The number of esters is 1. The molecule has 2 rings (SSSR count). The first-order chi connectivity index (χ1) is 10.0. The van der Waals surface area contributed by atoms with Gasteiger partial charge in [0.2, 0.25) is 0 Å². The minimum Gasteiger partial charge on any atom is -0.462 e. The Kier molecular flexibility index (Phi) is 4.37. The Balaban J connectivity index is 2.23. The Bertz CT molecular complexity index is 657. The van der Waals surface area contributed by atoms with E-state index in [4.69, 9.17) is 4.74 Å². The number of benzene rings is 1. The Morgan fingerprint density at radius 2 is 2.05 bits per heavy atom. The first-order valence-electron chi connectivity index (χ1n) is 6.61. The molecule has 0 spiro atoms. The van der Waals surface area contributed by atoms with Gasteiger partial charge in [-0.3, -0.25) is 9.48 Å². The first-order valence-corrected chi connectivity index (χ1v) is 6.61. The third kappa shape index (κ3) is 3.28. The fraction of sp³-hybridized carbons (Fsp3) is 0.267. The molecule has 0 aliphatic carbocycles. The number of aromatic nitrogens is 2. The van der Waals surface area contributed by atoms with Gasteiger partial charge in [0.05, 0.1) is 17.9 Å². The van der Waals surface area contributed by atoms with Crippen LogP contribution in [0, 0.1) is 6.92 Å². The number of hydrogen-bond acceptors (Lipinski definition) is 4. The van der Waals surface area contributed by atoms with Crippen LogP contribution in [0.5, 0.6) is 0 Å². The van der Waals surface area contributed by atoms with Crippen molar-refractivity contribution in [3.8, 4) is 0 Å². The fourth-order valence-electron chi connectivity index (χ4n) is 1.84. The maximum Gasteiger partial charge on any atom is 0.340 e. The summed E-state index contributed by atoms with van der Waals surface area (Å²) in [5.74, 6) is -0.832. The molecule has 0 saturated carbocycles. The standard InChI is InChI=1S/C15H17N3O3/c1-4-21-15(20)11-7-5-6-8-12(11)16-14(19)13-9-10(2)18(3)17-13/h5-9H,4H2,1-3H3,(H,16,19). The van der Waals surface area contributed by atoms with E-state index in [1.165, 1.54) is 0 Å². The van der Waals surface area contributed by atoms with E-state index >= 15 is 0 Å². The molecule has 1 aromatic carbocycles. The van der Waals surface area contributed by atoms with Crippen LogP contribution >= 0.6 is 0 Å². The zero-order valence-corrected chi connectivity index (χ0v) is 12.2. The van der Waals surface area contributed by atoms with Crippen molar-refractivity contribution < 1.29 is 14.3 Å². The van der Waals surface area contributed by atoms with Crippen molar-refractivity contribution in [3.05, 3.63) is 47.3 Å². The summed E-state index contributed by atoms with van der Waals surface area (Å²) in [6.07, 6.45) is 0. The minimum absolute atomic E-state index is 0.278. The number of anilines is 1. The molecule has 1 heterocycles. The summed E-state index contributed by atoms with van der Waals surface area (Å²) in [4.78, 5) is 24.0. The summed E-state index contributed by atoms with van der Waals surface area (Å²) in [6, 6.07) is 8.40. The minimum atomic E-state index is -0.467. The van der Waals surface area contributed by atoms with Crippen molar-refractivity contribution in [2.45, 2.75) is 13.8 Å². The third-order valence-electron chi connectivity index (χ3n) is 3.02. The summed E-state index contributed by atoms with van der Waals surface area (Å²) in [6.45, 7) is 3.87. The molecule has 21 heavy (non-hydrogen) atoms. The highest BCUT2D eigenvalue weighted by atomic mass is 16.5. The van der Waals surface area contributed by atoms with Crippen molar-refractivity contribution >= 4 is 17.6 Å². The summed E-state index contributed by atoms with van der Waals surface area (Å²) in [7, 11) is 1.76. The van der Waals surface area contributed by atoms with Gasteiger partial charge in [-0.1, -0.05) is 12.1 Å². The van der Waals surface area contributed by atoms with Gasteiger partial charge in [0.15, 0.2) is 5.69 Å². The van der Waals surface area contributed by atoms with Gasteiger partial charge in [-0.25, -0.2) is 4.79 Å². The lowest BCUT2D eigenvalue weighted by Crippen LogP contribution is -2.16. The molecule has 0 aliphatic heterocycles. The smallest absolute Gasteiger partial charge is 0.340 e. The van der Waals surface area contributed by atoms with Crippen LogP contribution in [0.2, 0.25) is 0 Å². The average molecular weight is 287 g/mol. The van der Waals surface area contributed by atoms with Gasteiger partial charge >= 0.3 is 5.97 Å². The Morgan fingerprint density at radius 1 is 1.33 bits per heavy atom. The molecule has 0 saturated heterocycles. The van der Waals surface area contributed by atoms with Crippen LogP contribution in [-0.4, -0.2) is 28.3 Å². The molecule has 0 atom stereocenters. The number of hydrogen-bond donors (Lipinski definition) is 1. The number of nitrogens with one attached hydrogen (secondary N) is 1. The molecule has 2 aromatic rings. The van der Waals surface area contributed by atoms with E-state index in [0.717, 1.165) is 5.69 Å². The summed E-state index contributed by atoms with van der Waals surface area (Å²) >= 11 is 0. The number of rotatable bonds is 4. The van der Waals surface area contributed by atoms with Gasteiger partial charge in [0.1, 0.15) is 0 Å². The molecular formula is C15H17N3O3. The number of carbonyl (C=O) groups excluding carboxylic acids is 2. The molecule has 1 N–H and O–H groups in total. The van der Waals surface area contributed by atoms with Gasteiger partial charge in [-0.2, -0.15) is 5.10 Å². The van der Waals surface area contributed by atoms with Gasteiger partial charge in [0.25, 0.3) is 5.91 Å². The fourth-order valence-corrected chi connectivity index (χ4v) is 1.84. The number of carbonyl (C=O) groups is 2. The highest BCUT2D eigenvalue weighted by molar-refractivity contribution is 6.07.